The Labute approximate surface area is 239 Å². The lowest BCUT2D eigenvalue weighted by molar-refractivity contribution is 0.625. The minimum absolute atomic E-state index is 0.273. The molecule has 0 aliphatic heterocycles. The molecule has 4 N–H and O–H groups in total. The maximum absolute atomic E-state index is 14.7. The summed E-state index contributed by atoms with van der Waals surface area (Å²) in [5.41, 5.74) is 9.30. The summed E-state index contributed by atoms with van der Waals surface area (Å²) in [7, 11) is -1.41. The number of halogens is 1. The van der Waals surface area contributed by atoms with Crippen LogP contribution in [0.25, 0.3) is 55.4 Å². The summed E-state index contributed by atoms with van der Waals surface area (Å²) in [5.74, 6) is 7.85. The Morgan fingerprint density at radius 3 is 2.56 bits per heavy atom. The monoisotopic (exact) mass is 564 g/mol. The van der Waals surface area contributed by atoms with Gasteiger partial charge in [0.05, 0.1) is 16.9 Å². The second-order valence-electron chi connectivity index (χ2n) is 11.0. The van der Waals surface area contributed by atoms with E-state index in [2.05, 4.69) is 80.1 Å². The topological polar surface area (TPSA) is 81.4 Å². The predicted octanol–water partition coefficient (Wildman–Crippen LogP) is 7.70. The molecule has 0 bridgehead atoms. The van der Waals surface area contributed by atoms with Gasteiger partial charge >= 0.3 is 0 Å². The number of benzene rings is 3. The van der Waals surface area contributed by atoms with Crippen molar-refractivity contribution in [2.45, 2.75) is 26.4 Å². The highest BCUT2D eigenvalue weighted by molar-refractivity contribution is 8.25. The summed E-state index contributed by atoms with van der Waals surface area (Å²) >= 11 is 0. The van der Waals surface area contributed by atoms with Crippen molar-refractivity contribution < 1.29 is 4.39 Å². The number of pyridine rings is 1. The number of hydrogen-bond acceptors (Lipinski definition) is 4. The fraction of sp³-hybridized carbons (Fsp3) is 0.152. The summed E-state index contributed by atoms with van der Waals surface area (Å²) in [6.07, 6.45) is 5.68. The molecule has 0 unspecified atom stereocenters. The Bertz CT molecular complexity index is 2000. The molecule has 0 saturated carbocycles. The van der Waals surface area contributed by atoms with Gasteiger partial charge in [0.1, 0.15) is 11.5 Å². The van der Waals surface area contributed by atoms with Crippen LogP contribution < -0.4 is 10.0 Å². The van der Waals surface area contributed by atoms with Crippen LogP contribution in [0.5, 0.6) is 0 Å². The van der Waals surface area contributed by atoms with Crippen molar-refractivity contribution in [2.24, 2.45) is 0 Å². The van der Waals surface area contributed by atoms with Crippen LogP contribution >= 0.6 is 9.39 Å². The number of anilines is 1. The highest BCUT2D eigenvalue weighted by Gasteiger charge is 2.15. The van der Waals surface area contributed by atoms with Crippen molar-refractivity contribution in [3.05, 3.63) is 90.5 Å². The van der Waals surface area contributed by atoms with Gasteiger partial charge < -0.3 is 10.3 Å². The van der Waals surface area contributed by atoms with E-state index in [9.17, 15) is 4.39 Å². The number of hydrogen-bond donors (Lipinski definition) is 4. The summed E-state index contributed by atoms with van der Waals surface area (Å²) < 4.78 is 18.0. The standard InChI is InChI=1S/C33H33FN6S/c1-20(2)37-26-14-24(18-35-19-26)22-9-10-31-29(15-22)33(40-39-31)32-16-28-27(7-6-8-30(28)38-32)23-11-21(12-25(34)13-23)17-36-41(3,4)5/h6-16,18-20,36-38H,3-4,17H2,1-2,5H3,(H,39,40). The molecule has 8 heteroatoms. The quantitative estimate of drug-likeness (QED) is 0.143. The van der Waals surface area contributed by atoms with Gasteiger partial charge in [-0.2, -0.15) is 14.5 Å². The molecule has 0 radical (unpaired) electrons. The predicted molar refractivity (Wildman–Crippen MR) is 175 cm³/mol. The lowest BCUT2D eigenvalue weighted by Crippen LogP contribution is -2.09. The number of nitrogens with zero attached hydrogens (tertiary/aromatic N) is 2. The van der Waals surface area contributed by atoms with Crippen LogP contribution in [0.4, 0.5) is 10.1 Å². The third kappa shape index (κ3) is 5.75. The molecule has 0 atom stereocenters. The van der Waals surface area contributed by atoms with Crippen LogP contribution in [0.1, 0.15) is 19.4 Å². The van der Waals surface area contributed by atoms with Gasteiger partial charge in [0, 0.05) is 46.8 Å². The first-order chi connectivity index (χ1) is 19.6. The first-order valence-electron chi connectivity index (χ1n) is 13.4. The molecule has 0 spiro atoms. The first kappa shape index (κ1) is 26.8. The fourth-order valence-electron chi connectivity index (χ4n) is 5.11. The van der Waals surface area contributed by atoms with Crippen molar-refractivity contribution in [1.82, 2.24) is 24.9 Å². The number of aromatic nitrogens is 4. The van der Waals surface area contributed by atoms with Crippen molar-refractivity contribution in [3.63, 3.8) is 0 Å². The maximum Gasteiger partial charge on any atom is 0.124 e. The molecule has 208 valence electrons. The second kappa shape index (κ2) is 10.5. The fourth-order valence-corrected chi connectivity index (χ4v) is 5.62. The highest BCUT2D eigenvalue weighted by atomic mass is 32.2. The zero-order valence-electron chi connectivity index (χ0n) is 23.4. The molecule has 3 aromatic carbocycles. The van der Waals surface area contributed by atoms with Gasteiger partial charge in [-0.05, 0) is 90.9 Å². The zero-order valence-corrected chi connectivity index (χ0v) is 24.2. The van der Waals surface area contributed by atoms with Crippen LogP contribution in [0.15, 0.2) is 79.1 Å². The average molecular weight is 565 g/mol. The van der Waals surface area contributed by atoms with Crippen LogP contribution in [0, 0.1) is 5.82 Å². The molecule has 3 heterocycles. The Kier molecular flexibility index (Phi) is 6.89. The molecule has 3 aromatic heterocycles. The maximum atomic E-state index is 14.7. The van der Waals surface area contributed by atoms with Gasteiger partial charge in [0.2, 0.25) is 0 Å². The van der Waals surface area contributed by atoms with E-state index in [4.69, 9.17) is 0 Å². The van der Waals surface area contributed by atoms with Gasteiger partial charge in [-0.15, -0.1) is 0 Å². The summed E-state index contributed by atoms with van der Waals surface area (Å²) in [6.45, 7) is 4.72. The third-order valence-corrected chi connectivity index (χ3v) is 7.74. The van der Waals surface area contributed by atoms with E-state index in [1.165, 1.54) is 0 Å². The molecular weight excluding hydrogens is 531 g/mol. The van der Waals surface area contributed by atoms with Crippen LogP contribution in [-0.4, -0.2) is 44.2 Å². The Balaban J connectivity index is 1.40. The molecule has 6 rings (SSSR count). The Hall–Kier alpha value is -4.40. The minimum atomic E-state index is -1.41. The smallest absolute Gasteiger partial charge is 0.124 e. The highest BCUT2D eigenvalue weighted by Crippen LogP contribution is 2.36. The van der Waals surface area contributed by atoms with E-state index in [1.54, 1.807) is 12.1 Å². The largest absolute Gasteiger partial charge is 0.382 e. The average Bonchev–Trinajstić information content (AvgIpc) is 3.54. The Morgan fingerprint density at radius 2 is 1.76 bits per heavy atom. The van der Waals surface area contributed by atoms with Gasteiger partial charge in [-0.25, -0.2) is 4.39 Å². The molecule has 6 nitrogen and oxygen atoms in total. The number of nitrogens with one attached hydrogen (secondary N) is 4. The molecule has 0 aliphatic carbocycles. The van der Waals surface area contributed by atoms with E-state index in [0.717, 1.165) is 66.7 Å². The number of aromatic amines is 2. The molecule has 0 fully saturated rings. The van der Waals surface area contributed by atoms with E-state index < -0.39 is 9.39 Å². The zero-order chi connectivity index (χ0) is 28.7. The van der Waals surface area contributed by atoms with E-state index >= 15 is 0 Å². The normalized spacial score (nSPS) is 12.0. The number of fused-ring (bicyclic) bond motifs is 2. The van der Waals surface area contributed by atoms with E-state index in [1.807, 2.05) is 49.0 Å². The van der Waals surface area contributed by atoms with Crippen molar-refractivity contribution in [3.8, 4) is 33.6 Å². The van der Waals surface area contributed by atoms with Crippen molar-refractivity contribution >= 4 is 48.6 Å². The van der Waals surface area contributed by atoms with Gasteiger partial charge in [-0.1, -0.05) is 29.9 Å². The molecule has 6 aromatic rings. The lowest BCUT2D eigenvalue weighted by Gasteiger charge is -2.12. The number of rotatable bonds is 8. The minimum Gasteiger partial charge on any atom is -0.382 e. The van der Waals surface area contributed by atoms with Gasteiger partial charge in [0.15, 0.2) is 0 Å². The molecule has 0 aliphatic rings. The van der Waals surface area contributed by atoms with Crippen LogP contribution in [-0.2, 0) is 6.54 Å². The molecule has 0 amide bonds. The van der Waals surface area contributed by atoms with Gasteiger partial charge in [-0.3, -0.25) is 14.8 Å². The summed E-state index contributed by atoms with van der Waals surface area (Å²) in [4.78, 5) is 7.98. The molecular formula is C33H33FN6S. The SMILES string of the molecule is C=S(=C)(C)NCc1cc(F)cc(-c2cccc3[nH]c(-c4n[nH]c5ccc(-c6cncc(NC(C)C)c6)cc45)cc23)c1. The first-order valence-corrected chi connectivity index (χ1v) is 15.8. The molecule has 0 saturated heterocycles. The number of H-pyrrole nitrogens is 2. The lowest BCUT2D eigenvalue weighted by atomic mass is 9.99. The van der Waals surface area contributed by atoms with E-state index in [0.29, 0.717) is 12.6 Å². The third-order valence-electron chi connectivity index (χ3n) is 6.90. The van der Waals surface area contributed by atoms with Gasteiger partial charge in [0.25, 0.3) is 0 Å². The van der Waals surface area contributed by atoms with Crippen LogP contribution in [0.2, 0.25) is 0 Å². The summed E-state index contributed by atoms with van der Waals surface area (Å²) in [5, 5.41) is 13.3. The summed E-state index contributed by atoms with van der Waals surface area (Å²) in [6, 6.07) is 22.0. The van der Waals surface area contributed by atoms with E-state index in [-0.39, 0.29) is 5.82 Å². The second-order valence-corrected chi connectivity index (χ2v) is 13.8. The van der Waals surface area contributed by atoms with Crippen molar-refractivity contribution in [2.75, 3.05) is 11.6 Å². The van der Waals surface area contributed by atoms with Crippen LogP contribution in [0.3, 0.4) is 0 Å². The van der Waals surface area contributed by atoms with Crippen molar-refractivity contribution in [1.29, 1.82) is 0 Å². The Morgan fingerprint density at radius 1 is 0.902 bits per heavy atom. The molecule has 41 heavy (non-hydrogen) atoms.